The average Bonchev–Trinajstić information content (AvgIpc) is 3.50. The van der Waals surface area contributed by atoms with E-state index in [1.165, 1.54) is 6.08 Å². The van der Waals surface area contributed by atoms with Crippen LogP contribution in [-0.2, 0) is 5.60 Å². The van der Waals surface area contributed by atoms with Crippen LogP contribution in [0.1, 0.15) is 36.8 Å². The summed E-state index contributed by atoms with van der Waals surface area (Å²) in [6.07, 6.45) is 13.6. The monoisotopic (exact) mass is 527 g/mol. The van der Waals surface area contributed by atoms with Crippen LogP contribution in [0, 0.1) is 13.8 Å². The summed E-state index contributed by atoms with van der Waals surface area (Å²) in [4.78, 5) is 14.6. The second-order valence-electron chi connectivity index (χ2n) is 9.96. The Kier molecular flexibility index (Phi) is 6.10. The molecule has 8 nitrogen and oxygen atoms in total. The van der Waals surface area contributed by atoms with Gasteiger partial charge in [0.1, 0.15) is 11.6 Å². The molecule has 0 spiro atoms. The quantitative estimate of drug-likeness (QED) is 0.426. The number of fused-ring (bicyclic) bond motifs is 2. The van der Waals surface area contributed by atoms with E-state index in [0.717, 1.165) is 28.8 Å². The first kappa shape index (κ1) is 25.1. The molecule has 2 aromatic heterocycles. The minimum absolute atomic E-state index is 0.316. The Labute approximate surface area is 225 Å². The zero-order chi connectivity index (χ0) is 27.3. The van der Waals surface area contributed by atoms with Crippen molar-refractivity contribution in [1.82, 2.24) is 20.0 Å². The first-order valence-electron chi connectivity index (χ1n) is 13.1. The van der Waals surface area contributed by atoms with E-state index in [2.05, 4.69) is 15.1 Å². The molecule has 1 aliphatic carbocycles. The molecule has 0 radical (unpaired) electrons. The summed E-state index contributed by atoms with van der Waals surface area (Å²) in [5.41, 5.74) is 4.58. The molecule has 0 saturated carbocycles. The molecule has 6 rings (SSSR count). The van der Waals surface area contributed by atoms with Gasteiger partial charge < -0.3 is 24.3 Å². The smallest absolute Gasteiger partial charge is 0.294 e. The number of aryl methyl sites for hydroxylation is 2. The van der Waals surface area contributed by atoms with E-state index >= 15 is 0 Å². The van der Waals surface area contributed by atoms with Crippen molar-refractivity contribution in [2.45, 2.75) is 45.3 Å². The van der Waals surface area contributed by atoms with Gasteiger partial charge in [-0.05, 0) is 75.1 Å². The Bertz CT molecular complexity index is 1630. The van der Waals surface area contributed by atoms with Crippen LogP contribution < -0.4 is 4.74 Å². The molecule has 0 amide bonds. The van der Waals surface area contributed by atoms with Gasteiger partial charge >= 0.3 is 0 Å². The van der Waals surface area contributed by atoms with Crippen molar-refractivity contribution in [3.05, 3.63) is 88.9 Å². The molecule has 0 saturated heterocycles. The highest BCUT2D eigenvalue weighted by Gasteiger charge is 2.45. The SMILES string of the molecule is CCOc1nc2c(C(O)(C3=CC=C4C=CC(F)=CC4N3C)C3=NC=CCC3)cc(-c3c(C)noc3C)cc2[nH]1. The molecule has 3 aromatic rings. The predicted octanol–water partition coefficient (Wildman–Crippen LogP) is 5.72. The lowest BCUT2D eigenvalue weighted by Gasteiger charge is -2.43. The van der Waals surface area contributed by atoms with Crippen LogP contribution in [0.2, 0.25) is 0 Å². The number of benzene rings is 1. The highest BCUT2D eigenvalue weighted by Crippen LogP contribution is 2.44. The fraction of sp³-hybridized carbons (Fsp3) is 0.300. The number of aliphatic hydroxyl groups is 1. The fourth-order valence-corrected chi connectivity index (χ4v) is 5.72. The number of allylic oxidation sites excluding steroid dienone is 5. The van der Waals surface area contributed by atoms with Gasteiger partial charge in [-0.25, -0.2) is 4.39 Å². The van der Waals surface area contributed by atoms with Gasteiger partial charge in [-0.2, -0.15) is 4.98 Å². The number of aliphatic imine (C=N–C) groups is 1. The summed E-state index contributed by atoms with van der Waals surface area (Å²) >= 11 is 0. The lowest BCUT2D eigenvalue weighted by Crippen LogP contribution is -2.48. The van der Waals surface area contributed by atoms with Crippen LogP contribution in [0.5, 0.6) is 6.01 Å². The summed E-state index contributed by atoms with van der Waals surface area (Å²) in [5, 5.41) is 17.1. The van der Waals surface area contributed by atoms with E-state index in [4.69, 9.17) is 14.2 Å². The van der Waals surface area contributed by atoms with Crippen molar-refractivity contribution >= 4 is 16.7 Å². The lowest BCUT2D eigenvalue weighted by atomic mass is 9.78. The van der Waals surface area contributed by atoms with Gasteiger partial charge in [0.05, 0.1) is 40.8 Å². The van der Waals surface area contributed by atoms with Crippen molar-refractivity contribution in [2.75, 3.05) is 13.7 Å². The lowest BCUT2D eigenvalue weighted by molar-refractivity contribution is 0.110. The summed E-state index contributed by atoms with van der Waals surface area (Å²) in [6, 6.07) is 3.87. The van der Waals surface area contributed by atoms with E-state index in [1.54, 1.807) is 18.4 Å². The van der Waals surface area contributed by atoms with Gasteiger partial charge in [0.2, 0.25) is 0 Å². The number of imidazole rings is 1. The van der Waals surface area contributed by atoms with Crippen LogP contribution in [0.15, 0.2) is 81.4 Å². The third-order valence-electron chi connectivity index (χ3n) is 7.55. The van der Waals surface area contributed by atoms with Crippen molar-refractivity contribution < 1.29 is 18.8 Å². The van der Waals surface area contributed by atoms with Crippen LogP contribution in [0.25, 0.3) is 22.2 Å². The number of nitrogens with zero attached hydrogens (tertiary/aromatic N) is 4. The zero-order valence-electron chi connectivity index (χ0n) is 22.3. The first-order chi connectivity index (χ1) is 18.8. The first-order valence-corrected chi connectivity index (χ1v) is 13.1. The second-order valence-corrected chi connectivity index (χ2v) is 9.96. The van der Waals surface area contributed by atoms with E-state index in [0.29, 0.717) is 52.8 Å². The van der Waals surface area contributed by atoms with E-state index < -0.39 is 5.60 Å². The number of aromatic amines is 1. The maximum absolute atomic E-state index is 14.4. The average molecular weight is 528 g/mol. The Balaban J connectivity index is 1.65. The number of H-pyrrole nitrogens is 1. The summed E-state index contributed by atoms with van der Waals surface area (Å²) < 4.78 is 25.6. The van der Waals surface area contributed by atoms with E-state index in [9.17, 15) is 9.50 Å². The number of rotatable bonds is 6. The number of aromatic nitrogens is 3. The summed E-state index contributed by atoms with van der Waals surface area (Å²) in [7, 11) is 1.86. The van der Waals surface area contributed by atoms with Gasteiger partial charge in [-0.3, -0.25) is 4.99 Å². The molecule has 9 heteroatoms. The summed E-state index contributed by atoms with van der Waals surface area (Å²) in [6.45, 7) is 6.07. The van der Waals surface area contributed by atoms with Gasteiger partial charge in [0.25, 0.3) is 6.01 Å². The van der Waals surface area contributed by atoms with Crippen LogP contribution in [-0.4, -0.2) is 50.5 Å². The molecule has 200 valence electrons. The molecule has 1 aromatic carbocycles. The number of hydrogen-bond acceptors (Lipinski definition) is 7. The highest BCUT2D eigenvalue weighted by molar-refractivity contribution is 6.01. The number of halogens is 1. The second kappa shape index (κ2) is 9.50. The third-order valence-corrected chi connectivity index (χ3v) is 7.55. The largest absolute Gasteiger partial charge is 0.465 e. The summed E-state index contributed by atoms with van der Waals surface area (Å²) in [5.74, 6) is 0.350. The maximum Gasteiger partial charge on any atom is 0.294 e. The standard InChI is InChI=1S/C30H30FN5O3/c1-5-38-29-33-23-15-20(27-17(2)35-39-18(27)3)14-22(28(23)34-29)30(37,25-8-6-7-13-32-25)26-12-10-19-9-11-21(31)16-24(19)36(26)4/h7,9-16,24,37H,5-6,8H2,1-4H3,(H,33,34). The molecule has 0 fully saturated rings. The minimum Gasteiger partial charge on any atom is -0.465 e. The Morgan fingerprint density at radius 2 is 2.10 bits per heavy atom. The highest BCUT2D eigenvalue weighted by atomic mass is 19.1. The van der Waals surface area contributed by atoms with Crippen molar-refractivity contribution in [1.29, 1.82) is 0 Å². The van der Waals surface area contributed by atoms with Gasteiger partial charge in [-0.1, -0.05) is 23.4 Å². The third kappa shape index (κ3) is 4.04. The van der Waals surface area contributed by atoms with Gasteiger partial charge in [0.15, 0.2) is 5.60 Å². The molecular formula is C30H30FN5O3. The topological polar surface area (TPSA) is 99.8 Å². The zero-order valence-corrected chi connectivity index (χ0v) is 22.3. The minimum atomic E-state index is -1.68. The molecule has 2 aliphatic heterocycles. The molecular weight excluding hydrogens is 497 g/mol. The fourth-order valence-electron chi connectivity index (χ4n) is 5.72. The Morgan fingerprint density at radius 3 is 2.82 bits per heavy atom. The van der Waals surface area contributed by atoms with Crippen LogP contribution >= 0.6 is 0 Å². The van der Waals surface area contributed by atoms with Crippen molar-refractivity contribution in [2.24, 2.45) is 4.99 Å². The van der Waals surface area contributed by atoms with E-state index in [-0.39, 0.29) is 11.9 Å². The molecule has 0 bridgehead atoms. The molecule has 2 N–H and O–H groups in total. The Morgan fingerprint density at radius 1 is 1.26 bits per heavy atom. The number of likely N-dealkylation sites (N-methyl/N-ethyl adjacent to an activating group) is 1. The Hall–Kier alpha value is -4.24. The molecule has 4 heterocycles. The number of nitrogens with one attached hydrogen (secondary N) is 1. The number of ether oxygens (including phenoxy) is 1. The molecule has 2 atom stereocenters. The molecule has 3 aliphatic rings. The van der Waals surface area contributed by atoms with Gasteiger partial charge in [0, 0.05) is 24.4 Å². The normalized spacial score (nSPS) is 20.3. The van der Waals surface area contributed by atoms with Crippen molar-refractivity contribution in [3.8, 4) is 17.1 Å². The van der Waals surface area contributed by atoms with Gasteiger partial charge in [-0.15, -0.1) is 0 Å². The number of hydrogen-bond donors (Lipinski definition) is 2. The van der Waals surface area contributed by atoms with E-state index in [1.807, 2.05) is 63.1 Å². The maximum atomic E-state index is 14.4. The predicted molar refractivity (Wildman–Crippen MR) is 148 cm³/mol. The van der Waals surface area contributed by atoms with Crippen LogP contribution in [0.3, 0.4) is 0 Å². The molecule has 39 heavy (non-hydrogen) atoms. The van der Waals surface area contributed by atoms with Crippen LogP contribution in [0.4, 0.5) is 4.39 Å². The van der Waals surface area contributed by atoms with Crippen molar-refractivity contribution in [3.63, 3.8) is 0 Å². The molecule has 2 unspecified atom stereocenters.